The van der Waals surface area contributed by atoms with Crippen LogP contribution in [0.3, 0.4) is 0 Å². The fourth-order valence-corrected chi connectivity index (χ4v) is 3.73. The van der Waals surface area contributed by atoms with Crippen molar-refractivity contribution in [3.8, 4) is 5.69 Å². The molecule has 1 aromatic carbocycles. The van der Waals surface area contributed by atoms with Gasteiger partial charge >= 0.3 is 0 Å². The molecule has 5 nitrogen and oxygen atoms in total. The summed E-state index contributed by atoms with van der Waals surface area (Å²) < 4.78 is 2.06. The zero-order chi connectivity index (χ0) is 19.1. The number of fused-ring (bicyclic) bond motifs is 1. The standard InChI is InChI=1S/C21H25N3O2/c1-5-8-23-16-9-14(6-7-15(16)20(22)26)24-12-13(2)19-17(24)10-21(3,4)11-18(19)25/h5-7,9,12,23H,1,8,10-11H2,2-4H3,(H2,22,26). The zero-order valence-corrected chi connectivity index (χ0v) is 15.6. The summed E-state index contributed by atoms with van der Waals surface area (Å²) in [5.41, 5.74) is 10.3. The molecule has 0 aliphatic heterocycles. The van der Waals surface area contributed by atoms with Gasteiger partial charge in [0, 0.05) is 41.8 Å². The van der Waals surface area contributed by atoms with Crippen LogP contribution in [0.2, 0.25) is 0 Å². The number of carbonyl (C=O) groups excluding carboxylic acids is 2. The SMILES string of the molecule is C=CCNc1cc(-n2cc(C)c3c2CC(C)(C)CC3=O)ccc1C(N)=O. The average Bonchev–Trinajstić information content (AvgIpc) is 2.87. The Balaban J connectivity index is 2.13. The monoisotopic (exact) mass is 351 g/mol. The number of carbonyl (C=O) groups is 2. The highest BCUT2D eigenvalue weighted by atomic mass is 16.1. The van der Waals surface area contributed by atoms with Crippen molar-refractivity contribution in [2.45, 2.75) is 33.6 Å². The number of ketones is 1. The molecule has 1 aliphatic carbocycles. The Morgan fingerprint density at radius 1 is 1.38 bits per heavy atom. The van der Waals surface area contributed by atoms with Gasteiger partial charge in [-0.25, -0.2) is 0 Å². The van der Waals surface area contributed by atoms with Crippen LogP contribution < -0.4 is 11.1 Å². The number of aryl methyl sites for hydroxylation is 1. The van der Waals surface area contributed by atoms with Gasteiger partial charge in [0.1, 0.15) is 0 Å². The lowest BCUT2D eigenvalue weighted by Gasteiger charge is -2.30. The van der Waals surface area contributed by atoms with Gasteiger partial charge in [-0.05, 0) is 42.5 Å². The summed E-state index contributed by atoms with van der Waals surface area (Å²) >= 11 is 0. The van der Waals surface area contributed by atoms with Gasteiger partial charge in [0.15, 0.2) is 5.78 Å². The van der Waals surface area contributed by atoms with Crippen LogP contribution in [-0.4, -0.2) is 22.8 Å². The molecule has 0 bridgehead atoms. The molecule has 0 atom stereocenters. The molecule has 5 heteroatoms. The maximum absolute atomic E-state index is 12.6. The van der Waals surface area contributed by atoms with E-state index in [4.69, 9.17) is 5.73 Å². The highest BCUT2D eigenvalue weighted by molar-refractivity contribution is 6.01. The molecule has 1 amide bonds. The van der Waals surface area contributed by atoms with Gasteiger partial charge in [0.2, 0.25) is 0 Å². The number of nitrogens with two attached hydrogens (primary N) is 1. The number of aromatic nitrogens is 1. The zero-order valence-electron chi connectivity index (χ0n) is 15.6. The second-order valence-electron chi connectivity index (χ2n) is 7.71. The molecular formula is C21H25N3O2. The summed E-state index contributed by atoms with van der Waals surface area (Å²) in [6, 6.07) is 5.49. The molecule has 1 heterocycles. The van der Waals surface area contributed by atoms with Crippen molar-refractivity contribution in [1.82, 2.24) is 4.57 Å². The van der Waals surface area contributed by atoms with Crippen LogP contribution in [0.25, 0.3) is 5.69 Å². The van der Waals surface area contributed by atoms with Crippen molar-refractivity contribution in [3.63, 3.8) is 0 Å². The number of nitrogens with zero attached hydrogens (tertiary/aromatic N) is 1. The van der Waals surface area contributed by atoms with Gasteiger partial charge in [-0.3, -0.25) is 9.59 Å². The number of amides is 1. The van der Waals surface area contributed by atoms with Crippen molar-refractivity contribution < 1.29 is 9.59 Å². The fourth-order valence-electron chi connectivity index (χ4n) is 3.73. The number of hydrogen-bond donors (Lipinski definition) is 2. The van der Waals surface area contributed by atoms with E-state index >= 15 is 0 Å². The quantitative estimate of drug-likeness (QED) is 0.808. The highest BCUT2D eigenvalue weighted by Gasteiger charge is 2.34. The number of rotatable bonds is 5. The van der Waals surface area contributed by atoms with Crippen molar-refractivity contribution in [3.05, 3.63) is 59.4 Å². The molecule has 0 saturated carbocycles. The number of Topliss-reactive ketones (excluding diaryl/α,β-unsaturated/α-hetero) is 1. The summed E-state index contributed by atoms with van der Waals surface area (Å²) in [7, 11) is 0. The smallest absolute Gasteiger partial charge is 0.250 e. The van der Waals surface area contributed by atoms with Crippen LogP contribution in [0, 0.1) is 12.3 Å². The summed E-state index contributed by atoms with van der Waals surface area (Å²) in [4.78, 5) is 24.3. The van der Waals surface area contributed by atoms with E-state index in [-0.39, 0.29) is 11.2 Å². The van der Waals surface area contributed by atoms with Gasteiger partial charge < -0.3 is 15.6 Å². The van der Waals surface area contributed by atoms with Crippen LogP contribution in [0.5, 0.6) is 0 Å². The summed E-state index contributed by atoms with van der Waals surface area (Å²) in [6.45, 7) is 10.4. The largest absolute Gasteiger partial charge is 0.381 e. The normalized spacial score (nSPS) is 15.4. The third kappa shape index (κ3) is 3.17. The topological polar surface area (TPSA) is 77.1 Å². The van der Waals surface area contributed by atoms with E-state index in [1.165, 1.54) is 0 Å². The lowest BCUT2D eigenvalue weighted by Crippen LogP contribution is -2.28. The molecule has 0 saturated heterocycles. The van der Waals surface area contributed by atoms with E-state index < -0.39 is 5.91 Å². The van der Waals surface area contributed by atoms with Crippen molar-refractivity contribution >= 4 is 17.4 Å². The summed E-state index contributed by atoms with van der Waals surface area (Å²) in [6.07, 6.45) is 5.12. The predicted octanol–water partition coefficient (Wildman–Crippen LogP) is 3.64. The first-order valence-electron chi connectivity index (χ1n) is 8.76. The number of anilines is 1. The molecule has 1 aromatic heterocycles. The third-order valence-electron chi connectivity index (χ3n) is 4.84. The first-order chi connectivity index (χ1) is 12.2. The number of hydrogen-bond acceptors (Lipinski definition) is 3. The Bertz CT molecular complexity index is 906. The second kappa shape index (κ2) is 6.48. The molecule has 26 heavy (non-hydrogen) atoms. The lowest BCUT2D eigenvalue weighted by atomic mass is 9.75. The minimum absolute atomic E-state index is 0.0658. The first kappa shape index (κ1) is 18.0. The van der Waals surface area contributed by atoms with Gasteiger partial charge in [0.05, 0.1) is 5.56 Å². The first-order valence-corrected chi connectivity index (χ1v) is 8.76. The van der Waals surface area contributed by atoms with E-state index in [0.717, 1.165) is 28.9 Å². The minimum Gasteiger partial charge on any atom is -0.381 e. The predicted molar refractivity (Wildman–Crippen MR) is 104 cm³/mol. The summed E-state index contributed by atoms with van der Waals surface area (Å²) in [5, 5.41) is 3.17. The molecule has 0 fully saturated rings. The Morgan fingerprint density at radius 3 is 2.77 bits per heavy atom. The van der Waals surface area contributed by atoms with Gasteiger partial charge in [-0.1, -0.05) is 19.9 Å². The average molecular weight is 351 g/mol. The Morgan fingerprint density at radius 2 is 2.12 bits per heavy atom. The summed E-state index contributed by atoms with van der Waals surface area (Å²) in [5.74, 6) is -0.281. The van der Waals surface area contributed by atoms with Crippen LogP contribution in [0.1, 0.15) is 52.2 Å². The van der Waals surface area contributed by atoms with Crippen molar-refractivity contribution in [2.75, 3.05) is 11.9 Å². The molecule has 0 unspecified atom stereocenters. The van der Waals surface area contributed by atoms with Crippen LogP contribution >= 0.6 is 0 Å². The second-order valence-corrected chi connectivity index (χ2v) is 7.71. The minimum atomic E-state index is -0.481. The maximum Gasteiger partial charge on any atom is 0.250 e. The molecular weight excluding hydrogens is 326 g/mol. The van der Waals surface area contributed by atoms with E-state index in [1.807, 2.05) is 25.3 Å². The van der Waals surface area contributed by atoms with E-state index in [2.05, 4.69) is 30.3 Å². The Kier molecular flexibility index (Phi) is 4.48. The van der Waals surface area contributed by atoms with Gasteiger partial charge in [-0.15, -0.1) is 6.58 Å². The van der Waals surface area contributed by atoms with Crippen molar-refractivity contribution in [2.24, 2.45) is 11.1 Å². The molecule has 0 radical (unpaired) electrons. The van der Waals surface area contributed by atoms with Crippen LogP contribution in [0.15, 0.2) is 37.1 Å². The van der Waals surface area contributed by atoms with Gasteiger partial charge in [0.25, 0.3) is 5.91 Å². The number of primary amides is 1. The molecule has 2 aromatic rings. The van der Waals surface area contributed by atoms with E-state index in [1.54, 1.807) is 12.1 Å². The molecule has 0 spiro atoms. The third-order valence-corrected chi connectivity index (χ3v) is 4.84. The molecule has 1 aliphatic rings. The van der Waals surface area contributed by atoms with E-state index in [9.17, 15) is 9.59 Å². The van der Waals surface area contributed by atoms with E-state index in [0.29, 0.717) is 24.2 Å². The molecule has 3 rings (SSSR count). The Labute approximate surface area is 153 Å². The molecule has 136 valence electrons. The van der Waals surface area contributed by atoms with Crippen molar-refractivity contribution in [1.29, 1.82) is 0 Å². The highest BCUT2D eigenvalue weighted by Crippen LogP contribution is 2.38. The lowest BCUT2D eigenvalue weighted by molar-refractivity contribution is 0.0909. The number of nitrogens with one attached hydrogen (secondary N) is 1. The van der Waals surface area contributed by atoms with Crippen LogP contribution in [0.4, 0.5) is 5.69 Å². The number of benzene rings is 1. The maximum atomic E-state index is 12.6. The van der Waals surface area contributed by atoms with Crippen LogP contribution in [-0.2, 0) is 6.42 Å². The molecule has 3 N–H and O–H groups in total. The fraction of sp³-hybridized carbons (Fsp3) is 0.333. The van der Waals surface area contributed by atoms with Gasteiger partial charge in [-0.2, -0.15) is 0 Å². The Hall–Kier alpha value is -2.82.